The van der Waals surface area contributed by atoms with Gasteiger partial charge in [0, 0.05) is 23.9 Å². The molecule has 0 aromatic carbocycles. The number of hydrogen-bond donors (Lipinski definition) is 2. The van der Waals surface area contributed by atoms with Crippen LogP contribution in [0.25, 0.3) is 0 Å². The Morgan fingerprint density at radius 2 is 2.03 bits per heavy atom. The third-order valence-electron chi connectivity index (χ3n) is 6.87. The Bertz CT molecular complexity index is 1470. The summed E-state index contributed by atoms with van der Waals surface area (Å²) in [4.78, 5) is 26.6. The fourth-order valence-corrected chi connectivity index (χ4v) is 6.89. The molecular formula is C24H24Cl2N4O6S2. The van der Waals surface area contributed by atoms with Crippen molar-refractivity contribution in [2.75, 3.05) is 13.2 Å². The molecule has 0 amide bonds. The standard InChI is InChI=1S/C24H24Cl2N4O6S2/c25-21-7-15-13(8-29-21)1-2-35-23(15)16-6-20(37-24(16)26)22(32)17-9-28-11-30-18(17)4-12-3-14(19(31)5-12)10-36-38(27,33)34/h6-9,11-12,14,19,23,31H,1-5,10H2,(H2,27,33,34)/t12-,14+,19-,23?/m0/s1. The second-order valence-electron chi connectivity index (χ2n) is 9.40. The maximum Gasteiger partial charge on any atom is 0.333 e. The molecule has 0 bridgehead atoms. The molecule has 1 unspecified atom stereocenters. The number of halogens is 2. The summed E-state index contributed by atoms with van der Waals surface area (Å²) in [5.74, 6) is -0.691. The van der Waals surface area contributed by atoms with E-state index in [1.807, 2.05) is 0 Å². The highest BCUT2D eigenvalue weighted by molar-refractivity contribution is 7.84. The number of carbonyl (C=O) groups excluding carboxylic acids is 1. The molecule has 3 aromatic rings. The second-order valence-corrected chi connectivity index (χ2v) is 12.7. The molecule has 5 rings (SSSR count). The first-order valence-corrected chi connectivity index (χ1v) is 14.9. The molecule has 38 heavy (non-hydrogen) atoms. The topological polar surface area (TPSA) is 155 Å². The smallest absolute Gasteiger partial charge is 0.333 e. The monoisotopic (exact) mass is 598 g/mol. The summed E-state index contributed by atoms with van der Waals surface area (Å²) in [6, 6.07) is 3.50. The summed E-state index contributed by atoms with van der Waals surface area (Å²) in [6.45, 7) is 0.291. The summed E-state index contributed by atoms with van der Waals surface area (Å²) >= 11 is 13.9. The van der Waals surface area contributed by atoms with Gasteiger partial charge in [0.1, 0.15) is 17.6 Å². The van der Waals surface area contributed by atoms with Crippen molar-refractivity contribution in [3.63, 3.8) is 0 Å². The zero-order chi connectivity index (χ0) is 27.0. The lowest BCUT2D eigenvalue weighted by atomic mass is 9.95. The van der Waals surface area contributed by atoms with Gasteiger partial charge >= 0.3 is 10.3 Å². The van der Waals surface area contributed by atoms with Crippen molar-refractivity contribution in [1.29, 1.82) is 0 Å². The van der Waals surface area contributed by atoms with Crippen molar-refractivity contribution < 1.29 is 27.2 Å². The van der Waals surface area contributed by atoms with Gasteiger partial charge in [-0.2, -0.15) is 8.42 Å². The molecule has 1 aliphatic carbocycles. The zero-order valence-electron chi connectivity index (χ0n) is 19.9. The molecule has 2 aliphatic rings. The van der Waals surface area contributed by atoms with Gasteiger partial charge in [-0.1, -0.05) is 23.2 Å². The third kappa shape index (κ3) is 6.07. The SMILES string of the molecule is NS(=O)(=O)OC[C@H]1C[C@@H](Cc2ncncc2C(=O)c2cc(C3OCCc4cnc(Cl)cc43)c(Cl)s2)C[C@@H]1O. The van der Waals surface area contributed by atoms with Crippen LogP contribution in [0.5, 0.6) is 0 Å². The minimum Gasteiger partial charge on any atom is -0.393 e. The van der Waals surface area contributed by atoms with Crippen molar-refractivity contribution in [3.8, 4) is 0 Å². The number of ether oxygens (including phenoxy) is 1. The number of thiophene rings is 1. The van der Waals surface area contributed by atoms with Crippen LogP contribution in [0.2, 0.25) is 9.49 Å². The number of nitrogens with two attached hydrogens (primary N) is 1. The van der Waals surface area contributed by atoms with E-state index in [9.17, 15) is 18.3 Å². The number of ketones is 1. The second kappa shape index (κ2) is 11.2. The van der Waals surface area contributed by atoms with Crippen LogP contribution in [0.15, 0.2) is 30.9 Å². The van der Waals surface area contributed by atoms with E-state index in [1.54, 1.807) is 18.3 Å². The van der Waals surface area contributed by atoms with Crippen LogP contribution >= 0.6 is 34.5 Å². The van der Waals surface area contributed by atoms with Crippen LogP contribution in [-0.4, -0.2) is 53.6 Å². The molecule has 0 radical (unpaired) electrons. The first-order valence-electron chi connectivity index (χ1n) is 11.8. The van der Waals surface area contributed by atoms with E-state index in [-0.39, 0.29) is 24.2 Å². The molecular weight excluding hydrogens is 575 g/mol. The largest absolute Gasteiger partial charge is 0.393 e. The van der Waals surface area contributed by atoms with Crippen molar-refractivity contribution in [1.82, 2.24) is 15.0 Å². The van der Waals surface area contributed by atoms with E-state index in [4.69, 9.17) is 33.1 Å². The predicted molar refractivity (Wildman–Crippen MR) is 141 cm³/mol. The third-order valence-corrected chi connectivity index (χ3v) is 8.93. The summed E-state index contributed by atoms with van der Waals surface area (Å²) < 4.78 is 33.4. The van der Waals surface area contributed by atoms with Crippen molar-refractivity contribution in [2.45, 2.75) is 37.9 Å². The van der Waals surface area contributed by atoms with Gasteiger partial charge < -0.3 is 9.84 Å². The van der Waals surface area contributed by atoms with Crippen molar-refractivity contribution >= 4 is 50.6 Å². The van der Waals surface area contributed by atoms with E-state index < -0.39 is 22.5 Å². The summed E-state index contributed by atoms with van der Waals surface area (Å²) in [6.07, 6.45) is 5.40. The average Bonchev–Trinajstić information content (AvgIpc) is 3.43. The van der Waals surface area contributed by atoms with Crippen LogP contribution in [-0.2, 0) is 32.1 Å². The Morgan fingerprint density at radius 1 is 1.21 bits per heavy atom. The van der Waals surface area contributed by atoms with E-state index in [1.165, 1.54) is 12.5 Å². The molecule has 0 spiro atoms. The molecule has 1 saturated carbocycles. The van der Waals surface area contributed by atoms with E-state index in [0.717, 1.165) is 22.5 Å². The number of pyridine rings is 1. The van der Waals surface area contributed by atoms with Crippen molar-refractivity contribution in [3.05, 3.63) is 73.2 Å². The number of carbonyl (C=O) groups is 1. The minimum absolute atomic E-state index is 0.0338. The minimum atomic E-state index is -4.09. The number of aromatic nitrogens is 3. The zero-order valence-corrected chi connectivity index (χ0v) is 23.1. The summed E-state index contributed by atoms with van der Waals surface area (Å²) in [5, 5.41) is 15.6. The molecule has 4 heterocycles. The molecule has 3 N–H and O–H groups in total. The summed E-state index contributed by atoms with van der Waals surface area (Å²) in [7, 11) is -4.09. The molecule has 10 nitrogen and oxygen atoms in total. The number of hydrogen-bond acceptors (Lipinski definition) is 10. The van der Waals surface area contributed by atoms with Crippen LogP contribution in [0.4, 0.5) is 0 Å². The molecule has 1 aliphatic heterocycles. The number of fused-ring (bicyclic) bond motifs is 1. The molecule has 14 heteroatoms. The van der Waals surface area contributed by atoms with Crippen molar-refractivity contribution in [2.24, 2.45) is 17.0 Å². The normalized spacial score (nSPS) is 23.4. The van der Waals surface area contributed by atoms with Gasteiger partial charge in [-0.25, -0.2) is 20.1 Å². The lowest BCUT2D eigenvalue weighted by molar-refractivity contribution is 0.0699. The number of rotatable bonds is 8. The molecule has 202 valence electrons. The van der Waals surface area contributed by atoms with Gasteiger partial charge in [0.25, 0.3) is 0 Å². The quantitative estimate of drug-likeness (QED) is 0.293. The Labute approximate surface area is 233 Å². The van der Waals surface area contributed by atoms with Crippen LogP contribution < -0.4 is 5.14 Å². The maximum absolute atomic E-state index is 13.6. The Morgan fingerprint density at radius 3 is 2.82 bits per heavy atom. The fourth-order valence-electron chi connectivity index (χ4n) is 5.09. The first-order chi connectivity index (χ1) is 18.1. The molecule has 3 aromatic heterocycles. The maximum atomic E-state index is 13.6. The van der Waals surface area contributed by atoms with Gasteiger partial charge in [-0.3, -0.25) is 8.98 Å². The van der Waals surface area contributed by atoms with E-state index in [2.05, 4.69) is 19.1 Å². The highest BCUT2D eigenvalue weighted by atomic mass is 35.5. The van der Waals surface area contributed by atoms with E-state index >= 15 is 0 Å². The Hall–Kier alpha value is -2.03. The van der Waals surface area contributed by atoms with Gasteiger partial charge in [-0.05, 0) is 54.9 Å². The molecule has 0 saturated heterocycles. The highest BCUT2D eigenvalue weighted by Crippen LogP contribution is 2.41. The number of aliphatic hydroxyl groups excluding tert-OH is 1. The molecule has 4 atom stereocenters. The lowest BCUT2D eigenvalue weighted by Gasteiger charge is -2.25. The number of aliphatic hydroxyl groups is 1. The van der Waals surface area contributed by atoms with Crippen LogP contribution in [0.3, 0.4) is 0 Å². The lowest BCUT2D eigenvalue weighted by Crippen LogP contribution is -2.24. The fraction of sp³-hybridized carbons (Fsp3) is 0.417. The van der Waals surface area contributed by atoms with Gasteiger partial charge in [-0.15, -0.1) is 11.3 Å². The van der Waals surface area contributed by atoms with Crippen LogP contribution in [0, 0.1) is 11.8 Å². The predicted octanol–water partition coefficient (Wildman–Crippen LogP) is 3.28. The first kappa shape index (κ1) is 27.5. The Kier molecular flexibility index (Phi) is 8.13. The van der Waals surface area contributed by atoms with Gasteiger partial charge in [0.2, 0.25) is 5.78 Å². The molecule has 1 fully saturated rings. The van der Waals surface area contributed by atoms with E-state index in [0.29, 0.717) is 63.5 Å². The van der Waals surface area contributed by atoms with Crippen LogP contribution in [0.1, 0.15) is 56.6 Å². The average molecular weight is 600 g/mol. The summed E-state index contributed by atoms with van der Waals surface area (Å²) in [5.41, 5.74) is 3.45. The number of nitrogens with zero attached hydrogens (tertiary/aromatic N) is 3. The Balaban J connectivity index is 1.35. The van der Waals surface area contributed by atoms with Gasteiger partial charge in [0.05, 0.1) is 39.8 Å². The highest BCUT2D eigenvalue weighted by Gasteiger charge is 2.35. The van der Waals surface area contributed by atoms with Gasteiger partial charge in [0.15, 0.2) is 0 Å².